The molecule has 0 aliphatic carbocycles. The Kier molecular flexibility index (Phi) is 6.90. The maximum Gasteiger partial charge on any atom is 0.267 e. The molecule has 3 aromatic rings. The van der Waals surface area contributed by atoms with E-state index in [-0.39, 0.29) is 12.2 Å². The van der Waals surface area contributed by atoms with Crippen molar-refractivity contribution >= 4 is 23.0 Å². The molecule has 2 heterocycles. The van der Waals surface area contributed by atoms with Crippen LogP contribution in [0.4, 0.5) is 0 Å². The molecule has 1 saturated heterocycles. The predicted octanol–water partition coefficient (Wildman–Crippen LogP) is 4.33. The van der Waals surface area contributed by atoms with Gasteiger partial charge in [-0.1, -0.05) is 36.4 Å². The Labute approximate surface area is 176 Å². The van der Waals surface area contributed by atoms with Crippen LogP contribution >= 0.6 is 0 Å². The van der Waals surface area contributed by atoms with Crippen molar-refractivity contribution in [3.63, 3.8) is 0 Å². The van der Waals surface area contributed by atoms with Crippen LogP contribution in [-0.2, 0) is 27.2 Å². The average molecular weight is 405 g/mol. The summed E-state index contributed by atoms with van der Waals surface area (Å²) in [5, 5.41) is 0. The number of hydrogen-bond donors (Lipinski definition) is 2. The fourth-order valence-corrected chi connectivity index (χ4v) is 3.51. The number of H-pyrrole nitrogens is 1. The molecule has 0 bridgehead atoms. The number of nitrogens with one attached hydrogen (secondary N) is 2. The summed E-state index contributed by atoms with van der Waals surface area (Å²) < 4.78 is 5.41. The van der Waals surface area contributed by atoms with E-state index in [1.54, 1.807) is 6.08 Å². The fourth-order valence-electron chi connectivity index (χ4n) is 3.51. The lowest BCUT2D eigenvalue weighted by Crippen LogP contribution is -2.32. The van der Waals surface area contributed by atoms with Gasteiger partial charge >= 0.3 is 0 Å². The van der Waals surface area contributed by atoms with Crippen molar-refractivity contribution in [1.29, 1.82) is 0 Å². The number of rotatable bonds is 8. The van der Waals surface area contributed by atoms with Crippen LogP contribution in [0.15, 0.2) is 54.6 Å². The van der Waals surface area contributed by atoms with Crippen LogP contribution in [0, 0.1) is 0 Å². The minimum absolute atomic E-state index is 0.293. The molecule has 1 aliphatic heterocycles. The number of ether oxygens (including phenoxy) is 1. The van der Waals surface area contributed by atoms with Crippen LogP contribution in [0.5, 0.6) is 0 Å². The molecule has 1 aliphatic rings. The lowest BCUT2D eigenvalue weighted by atomic mass is 10.1. The number of aromatic nitrogens is 2. The summed E-state index contributed by atoms with van der Waals surface area (Å²) >= 11 is 0. The van der Waals surface area contributed by atoms with Crippen LogP contribution in [0.1, 0.15) is 42.6 Å². The molecule has 0 spiro atoms. The van der Waals surface area contributed by atoms with Gasteiger partial charge in [-0.25, -0.2) is 15.3 Å². The highest BCUT2D eigenvalue weighted by Gasteiger charge is 2.14. The first-order chi connectivity index (χ1) is 14.8. The molecule has 6 heteroatoms. The van der Waals surface area contributed by atoms with E-state index in [1.165, 1.54) is 11.6 Å². The summed E-state index contributed by atoms with van der Waals surface area (Å²) in [5.74, 6) is 0.738. The SMILES string of the molecule is O=C(C=Cc1ccc(CCCc2nc3ccccc3[nH]2)cc1)NOC1CCCCO1. The molecule has 4 rings (SSSR count). The highest BCUT2D eigenvalue weighted by molar-refractivity contribution is 5.90. The summed E-state index contributed by atoms with van der Waals surface area (Å²) in [7, 11) is 0. The molecular formula is C24H27N3O3. The number of amides is 1. The molecule has 2 aromatic carbocycles. The molecular weight excluding hydrogens is 378 g/mol. The molecule has 6 nitrogen and oxygen atoms in total. The topological polar surface area (TPSA) is 76.2 Å². The van der Waals surface area contributed by atoms with Gasteiger partial charge in [0.1, 0.15) is 5.82 Å². The Hall–Kier alpha value is -2.96. The lowest BCUT2D eigenvalue weighted by Gasteiger charge is -2.21. The van der Waals surface area contributed by atoms with E-state index in [9.17, 15) is 4.79 Å². The lowest BCUT2D eigenvalue weighted by molar-refractivity contribution is -0.198. The quantitative estimate of drug-likeness (QED) is 0.432. The van der Waals surface area contributed by atoms with Gasteiger partial charge in [-0.15, -0.1) is 0 Å². The Balaban J connectivity index is 1.20. The van der Waals surface area contributed by atoms with Crippen molar-refractivity contribution in [2.24, 2.45) is 0 Å². The smallest absolute Gasteiger partial charge is 0.267 e. The largest absolute Gasteiger partial charge is 0.350 e. The Bertz CT molecular complexity index is 955. The Morgan fingerprint density at radius 3 is 2.83 bits per heavy atom. The molecule has 0 saturated carbocycles. The van der Waals surface area contributed by atoms with Gasteiger partial charge in [0.15, 0.2) is 6.29 Å². The summed E-state index contributed by atoms with van der Waals surface area (Å²) in [6, 6.07) is 16.3. The van der Waals surface area contributed by atoms with E-state index in [2.05, 4.69) is 27.6 Å². The van der Waals surface area contributed by atoms with Gasteiger partial charge in [0.2, 0.25) is 0 Å². The van der Waals surface area contributed by atoms with Crippen molar-refractivity contribution in [1.82, 2.24) is 15.4 Å². The van der Waals surface area contributed by atoms with Crippen molar-refractivity contribution in [3.05, 3.63) is 71.6 Å². The maximum absolute atomic E-state index is 11.9. The molecule has 1 atom stereocenters. The van der Waals surface area contributed by atoms with Gasteiger partial charge < -0.3 is 9.72 Å². The number of hydrogen-bond acceptors (Lipinski definition) is 4. The zero-order chi connectivity index (χ0) is 20.6. The third-order valence-electron chi connectivity index (χ3n) is 5.15. The first-order valence-corrected chi connectivity index (χ1v) is 10.5. The standard InChI is InChI=1S/C24H27N3O3/c28-23(27-30-24-10-3-4-17-29-24)16-15-19-13-11-18(12-14-19)6-5-9-22-25-20-7-1-2-8-21(20)26-22/h1-2,7-8,11-16,24H,3-6,9-10,17H2,(H,25,26)(H,27,28). The number of imidazole rings is 1. The van der Waals surface area contributed by atoms with Crippen molar-refractivity contribution < 1.29 is 14.4 Å². The molecule has 1 fully saturated rings. The van der Waals surface area contributed by atoms with Crippen molar-refractivity contribution in [2.45, 2.75) is 44.8 Å². The van der Waals surface area contributed by atoms with Gasteiger partial charge in [-0.2, -0.15) is 0 Å². The molecule has 1 amide bonds. The van der Waals surface area contributed by atoms with Crippen molar-refractivity contribution in [2.75, 3.05) is 6.61 Å². The number of carbonyl (C=O) groups is 1. The number of hydroxylamine groups is 1. The monoisotopic (exact) mass is 405 g/mol. The second-order valence-corrected chi connectivity index (χ2v) is 7.51. The Morgan fingerprint density at radius 2 is 2.03 bits per heavy atom. The minimum Gasteiger partial charge on any atom is -0.350 e. The Morgan fingerprint density at radius 1 is 1.17 bits per heavy atom. The number of fused-ring (bicyclic) bond motifs is 1. The second-order valence-electron chi connectivity index (χ2n) is 7.51. The average Bonchev–Trinajstić information content (AvgIpc) is 3.21. The van der Waals surface area contributed by atoms with Crippen LogP contribution in [-0.4, -0.2) is 28.8 Å². The normalized spacial score (nSPS) is 16.9. The highest BCUT2D eigenvalue weighted by Crippen LogP contribution is 2.14. The van der Waals surface area contributed by atoms with E-state index in [4.69, 9.17) is 9.57 Å². The second kappa shape index (κ2) is 10.2. The molecule has 1 unspecified atom stereocenters. The zero-order valence-corrected chi connectivity index (χ0v) is 17.0. The van der Waals surface area contributed by atoms with Gasteiger partial charge in [-0.3, -0.25) is 4.79 Å². The van der Waals surface area contributed by atoms with Gasteiger partial charge in [0.05, 0.1) is 11.0 Å². The van der Waals surface area contributed by atoms with Crippen LogP contribution < -0.4 is 5.48 Å². The fraction of sp³-hybridized carbons (Fsp3) is 0.333. The first kappa shape index (κ1) is 20.3. The summed E-state index contributed by atoms with van der Waals surface area (Å²) in [6.07, 6.45) is 8.75. The molecule has 156 valence electrons. The number of para-hydroxylation sites is 2. The van der Waals surface area contributed by atoms with E-state index in [1.807, 2.05) is 36.4 Å². The van der Waals surface area contributed by atoms with Crippen LogP contribution in [0.3, 0.4) is 0 Å². The maximum atomic E-state index is 11.9. The molecule has 0 radical (unpaired) electrons. The zero-order valence-electron chi connectivity index (χ0n) is 17.0. The van der Waals surface area contributed by atoms with E-state index < -0.39 is 0 Å². The number of nitrogens with zero attached hydrogens (tertiary/aromatic N) is 1. The van der Waals surface area contributed by atoms with E-state index >= 15 is 0 Å². The van der Waals surface area contributed by atoms with Gasteiger partial charge in [0, 0.05) is 25.5 Å². The van der Waals surface area contributed by atoms with Gasteiger partial charge in [0.25, 0.3) is 5.91 Å². The highest BCUT2D eigenvalue weighted by atomic mass is 16.8. The van der Waals surface area contributed by atoms with Gasteiger partial charge in [-0.05, 0) is 55.0 Å². The van der Waals surface area contributed by atoms with E-state index in [0.29, 0.717) is 6.61 Å². The number of aryl methyl sites for hydroxylation is 2. The van der Waals surface area contributed by atoms with Crippen LogP contribution in [0.25, 0.3) is 17.1 Å². The molecule has 1 aromatic heterocycles. The summed E-state index contributed by atoms with van der Waals surface area (Å²) in [4.78, 5) is 25.1. The number of carbonyl (C=O) groups excluding carboxylic acids is 1. The van der Waals surface area contributed by atoms with Crippen molar-refractivity contribution in [3.8, 4) is 0 Å². The third-order valence-corrected chi connectivity index (χ3v) is 5.15. The number of aromatic amines is 1. The number of benzene rings is 2. The summed E-state index contributed by atoms with van der Waals surface area (Å²) in [6.45, 7) is 0.682. The first-order valence-electron chi connectivity index (χ1n) is 10.5. The minimum atomic E-state index is -0.338. The summed E-state index contributed by atoms with van der Waals surface area (Å²) in [5.41, 5.74) is 6.77. The van der Waals surface area contributed by atoms with Crippen LogP contribution in [0.2, 0.25) is 0 Å². The third kappa shape index (κ3) is 5.78. The van der Waals surface area contributed by atoms with E-state index in [0.717, 1.165) is 60.9 Å². The molecule has 2 N–H and O–H groups in total. The molecule has 30 heavy (non-hydrogen) atoms. The predicted molar refractivity (Wildman–Crippen MR) is 116 cm³/mol.